The van der Waals surface area contributed by atoms with Crippen molar-refractivity contribution in [3.8, 4) is 0 Å². The highest BCUT2D eigenvalue weighted by atomic mass is 79.9. The molecule has 0 bridgehead atoms. The number of nitrogens with one attached hydrogen (secondary N) is 2. The third kappa shape index (κ3) is 3.26. The van der Waals surface area contributed by atoms with E-state index in [1.54, 1.807) is 30.6 Å². The van der Waals surface area contributed by atoms with Crippen LogP contribution in [0.5, 0.6) is 0 Å². The summed E-state index contributed by atoms with van der Waals surface area (Å²) < 4.78 is 0.901. The molecule has 0 saturated heterocycles. The first-order valence-corrected chi connectivity index (χ1v) is 7.56. The molecule has 0 fully saturated rings. The third-order valence-electron chi connectivity index (χ3n) is 2.80. The van der Waals surface area contributed by atoms with Crippen molar-refractivity contribution in [2.24, 2.45) is 0 Å². The van der Waals surface area contributed by atoms with E-state index < -0.39 is 0 Å². The number of carbonyl (C=O) groups excluding carboxylic acids is 2. The summed E-state index contributed by atoms with van der Waals surface area (Å²) >= 11 is 4.78. The van der Waals surface area contributed by atoms with Crippen LogP contribution in [0.15, 0.2) is 33.4 Å². The average Bonchev–Trinajstić information content (AvgIpc) is 2.87. The number of aryl methyl sites for hydroxylation is 1. The van der Waals surface area contributed by atoms with E-state index in [9.17, 15) is 9.59 Å². The maximum absolute atomic E-state index is 12.1. The molecule has 4 nitrogen and oxygen atoms in total. The first-order valence-electron chi connectivity index (χ1n) is 5.89. The van der Waals surface area contributed by atoms with Crippen molar-refractivity contribution in [3.05, 3.63) is 50.1 Å². The Kier molecular flexibility index (Phi) is 4.57. The lowest BCUT2D eigenvalue weighted by Crippen LogP contribution is -2.18. The summed E-state index contributed by atoms with van der Waals surface area (Å²) in [7, 11) is 1.57. The Morgan fingerprint density at radius 3 is 2.50 bits per heavy atom. The van der Waals surface area contributed by atoms with E-state index in [1.165, 1.54) is 11.3 Å². The zero-order chi connectivity index (χ0) is 14.7. The summed E-state index contributed by atoms with van der Waals surface area (Å²) in [6.07, 6.45) is 0. The van der Waals surface area contributed by atoms with Gasteiger partial charge in [-0.15, -0.1) is 11.3 Å². The molecule has 1 aromatic carbocycles. The van der Waals surface area contributed by atoms with E-state index in [0.717, 1.165) is 9.35 Å². The fourth-order valence-corrected chi connectivity index (χ4v) is 2.80. The Morgan fingerprint density at radius 1 is 1.15 bits per heavy atom. The molecule has 2 amide bonds. The number of halogens is 1. The van der Waals surface area contributed by atoms with Crippen LogP contribution >= 0.6 is 27.3 Å². The lowest BCUT2D eigenvalue weighted by atomic mass is 10.1. The fourth-order valence-electron chi connectivity index (χ4n) is 1.67. The van der Waals surface area contributed by atoms with Gasteiger partial charge in [0, 0.05) is 23.7 Å². The van der Waals surface area contributed by atoms with Gasteiger partial charge in [0.05, 0.1) is 9.35 Å². The van der Waals surface area contributed by atoms with Gasteiger partial charge < -0.3 is 10.6 Å². The molecule has 104 valence electrons. The number of hydrogen-bond donors (Lipinski definition) is 2. The maximum Gasteiger partial charge on any atom is 0.256 e. The first-order chi connectivity index (χ1) is 9.51. The van der Waals surface area contributed by atoms with Gasteiger partial charge in [-0.05, 0) is 46.6 Å². The molecule has 0 spiro atoms. The number of hydrogen-bond acceptors (Lipinski definition) is 3. The highest BCUT2D eigenvalue weighted by Crippen LogP contribution is 2.23. The van der Waals surface area contributed by atoms with Gasteiger partial charge in [0.2, 0.25) is 0 Å². The van der Waals surface area contributed by atoms with Crippen LogP contribution < -0.4 is 10.6 Å². The molecule has 0 aliphatic carbocycles. The lowest BCUT2D eigenvalue weighted by Gasteiger charge is -2.09. The predicted molar refractivity (Wildman–Crippen MR) is 84.5 cm³/mol. The van der Waals surface area contributed by atoms with E-state index in [4.69, 9.17) is 0 Å². The van der Waals surface area contributed by atoms with Crippen molar-refractivity contribution in [2.75, 3.05) is 12.4 Å². The maximum atomic E-state index is 12.1. The Balaban J connectivity index is 2.24. The highest BCUT2D eigenvalue weighted by molar-refractivity contribution is 9.11. The number of rotatable bonds is 3. The minimum absolute atomic E-state index is 0.182. The Morgan fingerprint density at radius 2 is 1.90 bits per heavy atom. The Bertz CT molecular complexity index is 667. The topological polar surface area (TPSA) is 58.2 Å². The van der Waals surface area contributed by atoms with Gasteiger partial charge in [0.1, 0.15) is 0 Å². The van der Waals surface area contributed by atoms with Crippen LogP contribution in [0.1, 0.15) is 26.3 Å². The van der Waals surface area contributed by atoms with Crippen LogP contribution in [0, 0.1) is 6.92 Å². The molecule has 20 heavy (non-hydrogen) atoms. The van der Waals surface area contributed by atoms with Crippen molar-refractivity contribution in [1.82, 2.24) is 5.32 Å². The molecular formula is C14H13BrN2O2S. The van der Waals surface area contributed by atoms with Crippen molar-refractivity contribution in [1.29, 1.82) is 0 Å². The van der Waals surface area contributed by atoms with Crippen LogP contribution in [-0.4, -0.2) is 18.9 Å². The number of amides is 2. The van der Waals surface area contributed by atoms with Crippen LogP contribution in [-0.2, 0) is 0 Å². The van der Waals surface area contributed by atoms with Gasteiger partial charge in [-0.25, -0.2) is 0 Å². The second-order valence-electron chi connectivity index (χ2n) is 4.20. The third-order valence-corrected chi connectivity index (χ3v) is 4.31. The molecule has 0 aliphatic heterocycles. The van der Waals surface area contributed by atoms with Gasteiger partial charge in [0.15, 0.2) is 0 Å². The number of anilines is 1. The van der Waals surface area contributed by atoms with Crippen LogP contribution in [0.25, 0.3) is 0 Å². The SMILES string of the molecule is CNC(=O)c1ccc(C)c(NC(=O)c2csc(Br)c2)c1. The quantitative estimate of drug-likeness (QED) is 0.888. The average molecular weight is 353 g/mol. The van der Waals surface area contributed by atoms with E-state index in [0.29, 0.717) is 16.8 Å². The highest BCUT2D eigenvalue weighted by Gasteiger charge is 2.11. The molecule has 0 radical (unpaired) electrons. The number of benzene rings is 1. The standard InChI is InChI=1S/C14H13BrN2O2S/c1-8-3-4-9(13(18)16-2)5-11(8)17-14(19)10-6-12(15)20-7-10/h3-7H,1-2H3,(H,16,18)(H,17,19). The second-order valence-corrected chi connectivity index (χ2v) is 6.49. The van der Waals surface area contributed by atoms with Crippen molar-refractivity contribution < 1.29 is 9.59 Å². The lowest BCUT2D eigenvalue weighted by molar-refractivity contribution is 0.0961. The molecule has 1 heterocycles. The smallest absolute Gasteiger partial charge is 0.256 e. The van der Waals surface area contributed by atoms with Crippen molar-refractivity contribution in [3.63, 3.8) is 0 Å². The molecule has 1 aromatic heterocycles. The molecule has 2 N–H and O–H groups in total. The molecule has 0 atom stereocenters. The monoisotopic (exact) mass is 352 g/mol. The summed E-state index contributed by atoms with van der Waals surface area (Å²) in [5, 5.41) is 7.16. The molecule has 6 heteroatoms. The van der Waals surface area contributed by atoms with Crippen LogP contribution in [0.3, 0.4) is 0 Å². The van der Waals surface area contributed by atoms with Crippen LogP contribution in [0.4, 0.5) is 5.69 Å². The first kappa shape index (κ1) is 14.7. The van der Waals surface area contributed by atoms with E-state index >= 15 is 0 Å². The van der Waals surface area contributed by atoms with E-state index in [2.05, 4.69) is 26.6 Å². The zero-order valence-electron chi connectivity index (χ0n) is 11.0. The van der Waals surface area contributed by atoms with Gasteiger partial charge >= 0.3 is 0 Å². The predicted octanol–water partition coefficient (Wildman–Crippen LogP) is 3.43. The van der Waals surface area contributed by atoms with Gasteiger partial charge in [-0.2, -0.15) is 0 Å². The minimum Gasteiger partial charge on any atom is -0.355 e. The van der Waals surface area contributed by atoms with E-state index in [1.807, 2.05) is 13.0 Å². The Labute approximate surface area is 129 Å². The summed E-state index contributed by atoms with van der Waals surface area (Å²) in [6, 6.07) is 6.97. The zero-order valence-corrected chi connectivity index (χ0v) is 13.4. The van der Waals surface area contributed by atoms with Crippen molar-refractivity contribution in [2.45, 2.75) is 6.92 Å². The largest absolute Gasteiger partial charge is 0.355 e. The molecule has 0 saturated carbocycles. The minimum atomic E-state index is -0.191. The molecule has 0 unspecified atom stereocenters. The normalized spacial score (nSPS) is 10.2. The van der Waals surface area contributed by atoms with Gasteiger partial charge in [-0.3, -0.25) is 9.59 Å². The summed E-state index contributed by atoms with van der Waals surface area (Å²) in [6.45, 7) is 1.88. The second kappa shape index (κ2) is 6.19. The Hall–Kier alpha value is -1.66. The summed E-state index contributed by atoms with van der Waals surface area (Å²) in [4.78, 5) is 23.7. The number of carbonyl (C=O) groups is 2. The van der Waals surface area contributed by atoms with Crippen LogP contribution in [0.2, 0.25) is 0 Å². The van der Waals surface area contributed by atoms with Gasteiger partial charge in [-0.1, -0.05) is 6.07 Å². The van der Waals surface area contributed by atoms with E-state index in [-0.39, 0.29) is 11.8 Å². The fraction of sp³-hybridized carbons (Fsp3) is 0.143. The molecule has 2 rings (SSSR count). The molecule has 2 aromatic rings. The summed E-state index contributed by atoms with van der Waals surface area (Å²) in [5.41, 5.74) is 2.64. The molecule has 0 aliphatic rings. The van der Waals surface area contributed by atoms with Crippen molar-refractivity contribution >= 4 is 44.8 Å². The van der Waals surface area contributed by atoms with Gasteiger partial charge in [0.25, 0.3) is 11.8 Å². The number of thiophene rings is 1. The summed E-state index contributed by atoms with van der Waals surface area (Å²) in [5.74, 6) is -0.372. The molecular weight excluding hydrogens is 340 g/mol.